The van der Waals surface area contributed by atoms with Gasteiger partial charge in [0, 0.05) is 20.1 Å². The van der Waals surface area contributed by atoms with Crippen molar-refractivity contribution < 1.29 is 8.42 Å². The highest BCUT2D eigenvalue weighted by Gasteiger charge is 2.46. The van der Waals surface area contributed by atoms with E-state index in [1.807, 2.05) is 12.1 Å². The minimum absolute atomic E-state index is 0.259. The molecule has 0 saturated heterocycles. The third-order valence-corrected chi connectivity index (χ3v) is 5.36. The summed E-state index contributed by atoms with van der Waals surface area (Å²) in [4.78, 5) is 0.345. The number of nitrogens with one attached hydrogen (secondary N) is 1. The van der Waals surface area contributed by atoms with Gasteiger partial charge in [-0.1, -0.05) is 26.0 Å². The average molecular weight is 268 g/mol. The molecule has 5 heteroatoms. The first kappa shape index (κ1) is 13.4. The molecule has 0 amide bonds. The van der Waals surface area contributed by atoms with Crippen molar-refractivity contribution in [3.05, 3.63) is 24.3 Å². The summed E-state index contributed by atoms with van der Waals surface area (Å²) in [6, 6.07) is 7.43. The molecule has 1 aliphatic rings. The molecule has 0 spiro atoms. The van der Waals surface area contributed by atoms with E-state index in [0.29, 0.717) is 16.6 Å². The van der Waals surface area contributed by atoms with Gasteiger partial charge in [0.15, 0.2) is 0 Å². The Kier molecular flexibility index (Phi) is 3.15. The maximum absolute atomic E-state index is 12.2. The van der Waals surface area contributed by atoms with Gasteiger partial charge in [-0.25, -0.2) is 12.7 Å². The lowest BCUT2D eigenvalue weighted by molar-refractivity contribution is 0.521. The summed E-state index contributed by atoms with van der Waals surface area (Å²) in [5.74, 6) is 0. The summed E-state index contributed by atoms with van der Waals surface area (Å²) in [7, 11) is -0.294. The Morgan fingerprint density at radius 3 is 2.33 bits per heavy atom. The molecular formula is C13H20N2O2S. The van der Waals surface area contributed by atoms with Gasteiger partial charge in [-0.05, 0) is 24.0 Å². The van der Waals surface area contributed by atoms with E-state index in [4.69, 9.17) is 0 Å². The number of hydrogen-bond donors (Lipinski definition) is 1. The van der Waals surface area contributed by atoms with Crippen molar-refractivity contribution in [3.8, 4) is 0 Å². The Hall–Kier alpha value is -1.07. The third-order valence-electron chi connectivity index (χ3n) is 3.49. The van der Waals surface area contributed by atoms with E-state index in [9.17, 15) is 8.42 Å². The first-order valence-corrected chi connectivity index (χ1v) is 7.47. The predicted molar refractivity (Wildman–Crippen MR) is 73.1 cm³/mol. The first-order valence-electron chi connectivity index (χ1n) is 6.03. The lowest BCUT2D eigenvalue weighted by atomic mass is 10.2. The largest absolute Gasteiger partial charge is 0.381 e. The molecule has 0 heterocycles. The van der Waals surface area contributed by atoms with Gasteiger partial charge in [-0.15, -0.1) is 0 Å². The standard InChI is InChI=1S/C13H20N2O2S/c1-13(2)9-12(13)14-10-7-5-6-8-11(10)18(16,17)15(3)4/h5-8,12,14H,9H2,1-4H3. The Morgan fingerprint density at radius 1 is 1.28 bits per heavy atom. The maximum Gasteiger partial charge on any atom is 0.244 e. The number of para-hydroxylation sites is 1. The molecule has 1 saturated carbocycles. The molecule has 1 aliphatic carbocycles. The van der Waals surface area contributed by atoms with Crippen molar-refractivity contribution in [1.82, 2.24) is 4.31 Å². The molecule has 2 rings (SSSR count). The van der Waals surface area contributed by atoms with Gasteiger partial charge in [0.2, 0.25) is 10.0 Å². The highest BCUT2D eigenvalue weighted by atomic mass is 32.2. The zero-order chi connectivity index (χ0) is 13.6. The van der Waals surface area contributed by atoms with Crippen LogP contribution in [0.4, 0.5) is 5.69 Å². The van der Waals surface area contributed by atoms with Crippen molar-refractivity contribution in [1.29, 1.82) is 0 Å². The molecule has 0 bridgehead atoms. The molecule has 1 N–H and O–H groups in total. The molecule has 1 fully saturated rings. The number of benzene rings is 1. The monoisotopic (exact) mass is 268 g/mol. The van der Waals surface area contributed by atoms with E-state index >= 15 is 0 Å². The zero-order valence-electron chi connectivity index (χ0n) is 11.3. The smallest absolute Gasteiger partial charge is 0.244 e. The molecule has 1 aromatic rings. The molecule has 0 radical (unpaired) electrons. The fourth-order valence-electron chi connectivity index (χ4n) is 1.91. The van der Waals surface area contributed by atoms with Gasteiger partial charge >= 0.3 is 0 Å². The van der Waals surface area contributed by atoms with Crippen LogP contribution in [-0.2, 0) is 10.0 Å². The highest BCUT2D eigenvalue weighted by molar-refractivity contribution is 7.89. The van der Waals surface area contributed by atoms with Gasteiger partial charge in [-0.2, -0.15) is 0 Å². The molecule has 1 unspecified atom stereocenters. The second-order valence-electron chi connectivity index (χ2n) is 5.67. The molecule has 1 atom stereocenters. The quantitative estimate of drug-likeness (QED) is 0.910. The molecular weight excluding hydrogens is 248 g/mol. The van der Waals surface area contributed by atoms with Crippen LogP contribution in [0, 0.1) is 5.41 Å². The Balaban J connectivity index is 2.33. The van der Waals surface area contributed by atoms with E-state index < -0.39 is 10.0 Å². The van der Waals surface area contributed by atoms with Gasteiger partial charge < -0.3 is 5.32 Å². The van der Waals surface area contributed by atoms with Crippen LogP contribution in [0.2, 0.25) is 0 Å². The van der Waals surface area contributed by atoms with E-state index in [-0.39, 0.29) is 5.41 Å². The SMILES string of the molecule is CN(C)S(=O)(=O)c1ccccc1NC1CC1(C)C. The topological polar surface area (TPSA) is 49.4 Å². The molecule has 18 heavy (non-hydrogen) atoms. The first-order chi connectivity index (χ1) is 8.25. The average Bonchev–Trinajstić information content (AvgIpc) is 2.86. The maximum atomic E-state index is 12.2. The van der Waals surface area contributed by atoms with Crippen molar-refractivity contribution >= 4 is 15.7 Å². The number of sulfonamides is 1. The van der Waals surface area contributed by atoms with Crippen molar-refractivity contribution in [2.24, 2.45) is 5.41 Å². The van der Waals surface area contributed by atoms with Gasteiger partial charge in [-0.3, -0.25) is 0 Å². The lowest BCUT2D eigenvalue weighted by Crippen LogP contribution is -2.23. The van der Waals surface area contributed by atoms with Crippen LogP contribution in [-0.4, -0.2) is 32.9 Å². The van der Waals surface area contributed by atoms with E-state index in [1.54, 1.807) is 26.2 Å². The van der Waals surface area contributed by atoms with E-state index in [2.05, 4.69) is 19.2 Å². The van der Waals surface area contributed by atoms with Gasteiger partial charge in [0.25, 0.3) is 0 Å². The second kappa shape index (κ2) is 4.24. The predicted octanol–water partition coefficient (Wildman–Crippen LogP) is 2.15. The Bertz CT molecular complexity index is 550. The molecule has 100 valence electrons. The van der Waals surface area contributed by atoms with Crippen LogP contribution in [0.5, 0.6) is 0 Å². The number of nitrogens with zero attached hydrogens (tertiary/aromatic N) is 1. The summed E-state index contributed by atoms with van der Waals surface area (Å²) in [5.41, 5.74) is 0.955. The molecule has 4 nitrogen and oxygen atoms in total. The third kappa shape index (κ3) is 2.37. The number of rotatable bonds is 4. The summed E-state index contributed by atoms with van der Waals surface area (Å²) in [6.07, 6.45) is 1.07. The van der Waals surface area contributed by atoms with Crippen molar-refractivity contribution in [2.75, 3.05) is 19.4 Å². The normalized spacial score (nSPS) is 21.9. The van der Waals surface area contributed by atoms with Crippen LogP contribution in [0.1, 0.15) is 20.3 Å². The van der Waals surface area contributed by atoms with Crippen LogP contribution in [0.25, 0.3) is 0 Å². The Labute approximate surface area is 109 Å². The van der Waals surface area contributed by atoms with E-state index in [1.165, 1.54) is 4.31 Å². The Morgan fingerprint density at radius 2 is 1.83 bits per heavy atom. The summed E-state index contributed by atoms with van der Waals surface area (Å²) in [6.45, 7) is 4.35. The second-order valence-corrected chi connectivity index (χ2v) is 7.79. The summed E-state index contributed by atoms with van der Waals surface area (Å²) >= 11 is 0. The van der Waals surface area contributed by atoms with Crippen LogP contribution in [0.15, 0.2) is 29.2 Å². The molecule has 1 aromatic carbocycles. The molecule has 0 aromatic heterocycles. The zero-order valence-corrected chi connectivity index (χ0v) is 12.1. The minimum Gasteiger partial charge on any atom is -0.381 e. The molecule has 0 aliphatic heterocycles. The van der Waals surface area contributed by atoms with E-state index in [0.717, 1.165) is 6.42 Å². The van der Waals surface area contributed by atoms with Crippen molar-refractivity contribution in [3.63, 3.8) is 0 Å². The fourth-order valence-corrected chi connectivity index (χ4v) is 2.96. The van der Waals surface area contributed by atoms with Gasteiger partial charge in [0.05, 0.1) is 5.69 Å². The fraction of sp³-hybridized carbons (Fsp3) is 0.538. The minimum atomic E-state index is -3.39. The van der Waals surface area contributed by atoms with Crippen LogP contribution < -0.4 is 5.32 Å². The highest BCUT2D eigenvalue weighted by Crippen LogP contribution is 2.47. The summed E-state index contributed by atoms with van der Waals surface area (Å²) < 4.78 is 25.6. The number of hydrogen-bond acceptors (Lipinski definition) is 3. The van der Waals surface area contributed by atoms with Crippen LogP contribution >= 0.6 is 0 Å². The lowest BCUT2D eigenvalue weighted by Gasteiger charge is -2.16. The number of anilines is 1. The van der Waals surface area contributed by atoms with Gasteiger partial charge in [0.1, 0.15) is 4.90 Å². The van der Waals surface area contributed by atoms with Crippen molar-refractivity contribution in [2.45, 2.75) is 31.2 Å². The summed E-state index contributed by atoms with van der Waals surface area (Å²) in [5, 5.41) is 3.33. The van der Waals surface area contributed by atoms with Crippen LogP contribution in [0.3, 0.4) is 0 Å².